The smallest absolute Gasteiger partial charge is 0.336 e. The van der Waals surface area contributed by atoms with Crippen LogP contribution in [0, 0.1) is 0 Å². The molecule has 5 rings (SSSR count). The lowest BCUT2D eigenvalue weighted by atomic mass is 9.87. The van der Waals surface area contributed by atoms with Crippen molar-refractivity contribution in [1.82, 2.24) is 0 Å². The van der Waals surface area contributed by atoms with Crippen LogP contribution in [-0.4, -0.2) is 23.8 Å². The van der Waals surface area contributed by atoms with Crippen molar-refractivity contribution in [2.24, 2.45) is 0 Å². The van der Waals surface area contributed by atoms with Crippen molar-refractivity contribution in [3.05, 3.63) is 89.5 Å². The van der Waals surface area contributed by atoms with Crippen LogP contribution < -0.4 is 14.2 Å². The zero-order chi connectivity index (χ0) is 23.9. The van der Waals surface area contributed by atoms with E-state index >= 15 is 0 Å². The van der Waals surface area contributed by atoms with Gasteiger partial charge >= 0.3 is 5.97 Å². The topological polar surface area (TPSA) is 65.0 Å². The van der Waals surface area contributed by atoms with Crippen LogP contribution in [-0.2, 0) is 13.0 Å². The molecule has 0 saturated heterocycles. The SMILES string of the molecule is COc1cc2c(OCc3ccccc3)cc(C(=O)O)c(-c3ccccc3)c2c2c1OC(C)(C)C2. The predicted octanol–water partition coefficient (Wildman–Crippen LogP) is 6.51. The molecule has 0 spiro atoms. The number of hydrogen-bond donors (Lipinski definition) is 1. The molecule has 1 heterocycles. The summed E-state index contributed by atoms with van der Waals surface area (Å²) < 4.78 is 18.2. The minimum absolute atomic E-state index is 0.193. The van der Waals surface area contributed by atoms with Crippen molar-refractivity contribution in [2.45, 2.75) is 32.5 Å². The Balaban J connectivity index is 1.83. The van der Waals surface area contributed by atoms with E-state index in [2.05, 4.69) is 0 Å². The number of hydrogen-bond acceptors (Lipinski definition) is 4. The molecule has 0 saturated carbocycles. The molecular formula is C29H26O5. The normalized spacial score (nSPS) is 13.9. The van der Waals surface area contributed by atoms with E-state index in [9.17, 15) is 9.90 Å². The Kier molecular flexibility index (Phi) is 5.40. The highest BCUT2D eigenvalue weighted by molar-refractivity contribution is 6.12. The van der Waals surface area contributed by atoms with Crippen molar-refractivity contribution in [1.29, 1.82) is 0 Å². The van der Waals surface area contributed by atoms with E-state index in [1.165, 1.54) is 0 Å². The zero-order valence-corrected chi connectivity index (χ0v) is 19.4. The molecule has 1 aliphatic rings. The summed E-state index contributed by atoms with van der Waals surface area (Å²) in [5.74, 6) is 0.767. The molecule has 0 amide bonds. The average molecular weight is 455 g/mol. The predicted molar refractivity (Wildman–Crippen MR) is 132 cm³/mol. The summed E-state index contributed by atoms with van der Waals surface area (Å²) in [6, 6.07) is 23.0. The Morgan fingerprint density at radius 3 is 2.32 bits per heavy atom. The van der Waals surface area contributed by atoms with Crippen LogP contribution in [0.15, 0.2) is 72.8 Å². The van der Waals surface area contributed by atoms with E-state index in [0.29, 0.717) is 35.8 Å². The number of rotatable bonds is 6. The summed E-state index contributed by atoms with van der Waals surface area (Å²) in [4.78, 5) is 12.5. The molecule has 5 heteroatoms. The summed E-state index contributed by atoms with van der Waals surface area (Å²) in [6.45, 7) is 4.36. The molecule has 1 N–H and O–H groups in total. The van der Waals surface area contributed by atoms with Crippen LogP contribution in [0.5, 0.6) is 17.2 Å². The van der Waals surface area contributed by atoms with Gasteiger partial charge in [0.2, 0.25) is 0 Å². The fourth-order valence-electron chi connectivity index (χ4n) is 4.69. The first-order valence-electron chi connectivity index (χ1n) is 11.2. The van der Waals surface area contributed by atoms with Gasteiger partial charge in [-0.25, -0.2) is 4.79 Å². The average Bonchev–Trinajstić information content (AvgIpc) is 3.17. The molecule has 0 aromatic heterocycles. The van der Waals surface area contributed by atoms with Gasteiger partial charge in [-0.1, -0.05) is 60.7 Å². The van der Waals surface area contributed by atoms with E-state index in [1.54, 1.807) is 13.2 Å². The second-order valence-electron chi connectivity index (χ2n) is 9.09. The van der Waals surface area contributed by atoms with Gasteiger partial charge in [0.05, 0.1) is 12.7 Å². The third-order valence-electron chi connectivity index (χ3n) is 6.14. The fraction of sp³-hybridized carbons (Fsp3) is 0.207. The van der Waals surface area contributed by atoms with Gasteiger partial charge in [0.1, 0.15) is 18.0 Å². The van der Waals surface area contributed by atoms with Crippen LogP contribution in [0.25, 0.3) is 21.9 Å². The van der Waals surface area contributed by atoms with Gasteiger partial charge in [0.15, 0.2) is 11.5 Å². The second-order valence-corrected chi connectivity index (χ2v) is 9.09. The quantitative estimate of drug-likeness (QED) is 0.360. The summed E-state index contributed by atoms with van der Waals surface area (Å²) in [5.41, 5.74) is 3.18. The number of benzene rings is 4. The van der Waals surface area contributed by atoms with Gasteiger partial charge in [-0.15, -0.1) is 0 Å². The molecule has 4 aromatic carbocycles. The Morgan fingerprint density at radius 2 is 1.68 bits per heavy atom. The molecule has 0 radical (unpaired) electrons. The Morgan fingerprint density at radius 1 is 1.00 bits per heavy atom. The summed E-state index contributed by atoms with van der Waals surface area (Å²) in [7, 11) is 1.62. The third-order valence-corrected chi connectivity index (χ3v) is 6.14. The first-order chi connectivity index (χ1) is 16.4. The van der Waals surface area contributed by atoms with Crippen molar-refractivity contribution >= 4 is 16.7 Å². The first kappa shape index (κ1) is 21.8. The van der Waals surface area contributed by atoms with Gasteiger partial charge in [-0.05, 0) is 37.1 Å². The monoisotopic (exact) mass is 454 g/mol. The van der Waals surface area contributed by atoms with Crippen LogP contribution in [0.1, 0.15) is 35.3 Å². The molecule has 34 heavy (non-hydrogen) atoms. The van der Waals surface area contributed by atoms with Crippen molar-refractivity contribution in [2.75, 3.05) is 7.11 Å². The van der Waals surface area contributed by atoms with Gasteiger partial charge in [0.25, 0.3) is 0 Å². The lowest BCUT2D eigenvalue weighted by Crippen LogP contribution is -2.24. The maximum absolute atomic E-state index is 12.5. The van der Waals surface area contributed by atoms with Crippen molar-refractivity contribution in [3.8, 4) is 28.4 Å². The van der Waals surface area contributed by atoms with Crippen LogP contribution in [0.3, 0.4) is 0 Å². The molecule has 0 bridgehead atoms. The molecule has 4 aromatic rings. The fourth-order valence-corrected chi connectivity index (χ4v) is 4.69. The standard InChI is InChI=1S/C29H26O5/c1-29(2)16-22-26-20(14-24(32-3)27(22)34-29)23(33-17-18-10-6-4-7-11-18)15-21(28(30)31)25(26)19-12-8-5-9-13-19/h4-15H,16-17H2,1-3H3,(H,30,31). The number of methoxy groups -OCH3 is 1. The Bertz CT molecular complexity index is 1370. The maximum atomic E-state index is 12.5. The number of ether oxygens (including phenoxy) is 3. The van der Waals surface area contributed by atoms with Crippen molar-refractivity contribution < 1.29 is 24.1 Å². The Hall–Kier alpha value is -3.99. The van der Waals surface area contributed by atoms with Gasteiger partial charge in [0, 0.05) is 28.3 Å². The minimum atomic E-state index is -1.01. The zero-order valence-electron chi connectivity index (χ0n) is 19.4. The number of carbonyl (C=O) groups is 1. The van der Waals surface area contributed by atoms with Crippen LogP contribution in [0.4, 0.5) is 0 Å². The highest BCUT2D eigenvalue weighted by Crippen LogP contribution is 2.51. The molecule has 5 nitrogen and oxygen atoms in total. The minimum Gasteiger partial charge on any atom is -0.493 e. The second kappa shape index (κ2) is 8.41. The molecule has 1 aliphatic heterocycles. The third kappa shape index (κ3) is 3.83. The van der Waals surface area contributed by atoms with E-state index in [0.717, 1.165) is 27.5 Å². The molecule has 172 valence electrons. The molecular weight excluding hydrogens is 428 g/mol. The van der Waals surface area contributed by atoms with Gasteiger partial charge in [-0.2, -0.15) is 0 Å². The molecule has 0 atom stereocenters. The number of aromatic carboxylic acids is 1. The highest BCUT2D eigenvalue weighted by Gasteiger charge is 2.36. The molecule has 0 aliphatic carbocycles. The molecule has 0 fully saturated rings. The van der Waals surface area contributed by atoms with Crippen LogP contribution >= 0.6 is 0 Å². The van der Waals surface area contributed by atoms with E-state index in [1.807, 2.05) is 80.6 Å². The molecule has 0 unspecified atom stereocenters. The lowest BCUT2D eigenvalue weighted by Gasteiger charge is -2.19. The maximum Gasteiger partial charge on any atom is 0.336 e. The number of fused-ring (bicyclic) bond motifs is 3. The summed E-state index contributed by atoms with van der Waals surface area (Å²) >= 11 is 0. The number of carboxylic acid groups (broad SMARTS) is 1. The largest absolute Gasteiger partial charge is 0.493 e. The lowest BCUT2D eigenvalue weighted by molar-refractivity contribution is 0.0697. The number of carboxylic acids is 1. The van der Waals surface area contributed by atoms with Crippen molar-refractivity contribution in [3.63, 3.8) is 0 Å². The van der Waals surface area contributed by atoms with E-state index < -0.39 is 11.6 Å². The summed E-state index contributed by atoms with van der Waals surface area (Å²) in [5, 5.41) is 11.9. The van der Waals surface area contributed by atoms with E-state index in [-0.39, 0.29) is 5.56 Å². The van der Waals surface area contributed by atoms with E-state index in [4.69, 9.17) is 14.2 Å². The highest BCUT2D eigenvalue weighted by atomic mass is 16.5. The summed E-state index contributed by atoms with van der Waals surface area (Å²) in [6.07, 6.45) is 0.622. The van der Waals surface area contributed by atoms with Crippen LogP contribution in [0.2, 0.25) is 0 Å². The van der Waals surface area contributed by atoms with Gasteiger partial charge in [-0.3, -0.25) is 0 Å². The Labute approximate surface area is 198 Å². The first-order valence-corrected chi connectivity index (χ1v) is 11.2. The van der Waals surface area contributed by atoms with Gasteiger partial charge < -0.3 is 19.3 Å².